The van der Waals surface area contributed by atoms with Gasteiger partial charge in [-0.25, -0.2) is 4.39 Å². The van der Waals surface area contributed by atoms with E-state index in [1.807, 2.05) is 0 Å². The number of ether oxygens (including phenoxy) is 1. The van der Waals surface area contributed by atoms with E-state index in [0.717, 1.165) is 0 Å². The molecule has 6 heteroatoms. The van der Waals surface area contributed by atoms with Gasteiger partial charge >= 0.3 is 0 Å². The van der Waals surface area contributed by atoms with E-state index in [4.69, 9.17) is 4.74 Å². The van der Waals surface area contributed by atoms with Gasteiger partial charge in [0, 0.05) is 10.0 Å². The summed E-state index contributed by atoms with van der Waals surface area (Å²) in [5.74, 6) is -0.723. The number of nitrogens with one attached hydrogen (secondary N) is 1. The predicted octanol–water partition coefficient (Wildman–Crippen LogP) is 4.20. The lowest BCUT2D eigenvalue weighted by atomic mass is 10.1. The highest BCUT2D eigenvalue weighted by Gasteiger charge is 2.17. The normalized spacial score (nSPS) is 11.7. The predicted molar refractivity (Wildman–Crippen MR) is 89.3 cm³/mol. The number of rotatable bonds is 5. The van der Waals surface area contributed by atoms with E-state index in [-0.39, 0.29) is 11.5 Å². The van der Waals surface area contributed by atoms with Gasteiger partial charge < -0.3 is 10.1 Å². The topological polar surface area (TPSA) is 55.4 Å². The highest BCUT2D eigenvalue weighted by Crippen LogP contribution is 2.20. The van der Waals surface area contributed by atoms with Crippen LogP contribution in [0.1, 0.15) is 24.2 Å². The molecule has 0 fully saturated rings. The summed E-state index contributed by atoms with van der Waals surface area (Å²) in [6.45, 7) is 3.00. The average Bonchev–Trinajstić information content (AvgIpc) is 2.50. The smallest absolute Gasteiger partial charge is 0.265 e. The third-order valence-electron chi connectivity index (χ3n) is 3.11. The van der Waals surface area contributed by atoms with E-state index in [1.54, 1.807) is 37.3 Å². The van der Waals surface area contributed by atoms with Crippen molar-refractivity contribution in [3.05, 3.63) is 58.3 Å². The first-order valence-corrected chi connectivity index (χ1v) is 7.69. The Labute approximate surface area is 141 Å². The van der Waals surface area contributed by atoms with E-state index in [1.165, 1.54) is 19.1 Å². The van der Waals surface area contributed by atoms with Crippen LogP contribution in [0.25, 0.3) is 0 Å². The Kier molecular flexibility index (Phi) is 5.50. The van der Waals surface area contributed by atoms with Crippen LogP contribution in [0.3, 0.4) is 0 Å². The molecule has 2 aromatic carbocycles. The molecular formula is C17H15BrFNO3. The molecule has 2 rings (SSSR count). The van der Waals surface area contributed by atoms with E-state index < -0.39 is 17.8 Å². The lowest BCUT2D eigenvalue weighted by Crippen LogP contribution is -2.30. The summed E-state index contributed by atoms with van der Waals surface area (Å²) in [6.07, 6.45) is -0.847. The van der Waals surface area contributed by atoms with Gasteiger partial charge in [-0.05, 0) is 44.2 Å². The van der Waals surface area contributed by atoms with Crippen molar-refractivity contribution in [2.24, 2.45) is 0 Å². The third-order valence-corrected chi connectivity index (χ3v) is 3.60. The molecule has 0 aliphatic rings. The van der Waals surface area contributed by atoms with Crippen molar-refractivity contribution >= 4 is 33.3 Å². The number of carbonyl (C=O) groups excluding carboxylic acids is 2. The molecule has 0 aromatic heterocycles. The first-order valence-electron chi connectivity index (χ1n) is 6.90. The number of amides is 1. The van der Waals surface area contributed by atoms with Crippen LogP contribution < -0.4 is 10.1 Å². The van der Waals surface area contributed by atoms with Crippen molar-refractivity contribution in [3.63, 3.8) is 0 Å². The van der Waals surface area contributed by atoms with Crippen LogP contribution in [-0.2, 0) is 4.79 Å². The van der Waals surface area contributed by atoms with Crippen LogP contribution >= 0.6 is 15.9 Å². The SMILES string of the molecule is CC(=O)c1cccc(OC(C)C(=O)Nc2ccc(Br)cc2F)c1. The van der Waals surface area contributed by atoms with Crippen molar-refractivity contribution in [1.29, 1.82) is 0 Å². The molecule has 0 saturated carbocycles. The Bertz CT molecular complexity index is 748. The van der Waals surface area contributed by atoms with Crippen molar-refractivity contribution in [1.82, 2.24) is 0 Å². The molecule has 0 radical (unpaired) electrons. The first kappa shape index (κ1) is 17.1. The van der Waals surface area contributed by atoms with Crippen LogP contribution in [0.15, 0.2) is 46.9 Å². The van der Waals surface area contributed by atoms with Crippen molar-refractivity contribution in [2.75, 3.05) is 5.32 Å². The Morgan fingerprint density at radius 1 is 1.22 bits per heavy atom. The van der Waals surface area contributed by atoms with Gasteiger partial charge in [0.05, 0.1) is 5.69 Å². The molecule has 0 bridgehead atoms. The zero-order chi connectivity index (χ0) is 17.0. The maximum Gasteiger partial charge on any atom is 0.265 e. The summed E-state index contributed by atoms with van der Waals surface area (Å²) < 4.78 is 19.8. The van der Waals surface area contributed by atoms with Crippen molar-refractivity contribution < 1.29 is 18.7 Å². The molecule has 0 spiro atoms. The number of carbonyl (C=O) groups is 2. The Morgan fingerprint density at radius 2 is 1.96 bits per heavy atom. The maximum absolute atomic E-state index is 13.7. The minimum Gasteiger partial charge on any atom is -0.481 e. The van der Waals surface area contributed by atoms with Gasteiger partial charge in [0.1, 0.15) is 11.6 Å². The number of halogens is 2. The summed E-state index contributed by atoms with van der Waals surface area (Å²) in [4.78, 5) is 23.4. The van der Waals surface area contributed by atoms with Crippen LogP contribution in [0, 0.1) is 5.82 Å². The van der Waals surface area contributed by atoms with Crippen LogP contribution in [0.4, 0.5) is 10.1 Å². The summed E-state index contributed by atoms with van der Waals surface area (Å²) in [6, 6.07) is 10.9. The standard InChI is InChI=1S/C17H15BrFNO3/c1-10(21)12-4-3-5-14(8-12)23-11(2)17(22)20-16-7-6-13(18)9-15(16)19/h3-9,11H,1-2H3,(H,20,22). The number of hydrogen-bond acceptors (Lipinski definition) is 3. The maximum atomic E-state index is 13.7. The fourth-order valence-corrected chi connectivity index (χ4v) is 2.20. The number of hydrogen-bond donors (Lipinski definition) is 1. The molecule has 1 unspecified atom stereocenters. The van der Waals surface area contributed by atoms with Crippen LogP contribution in [0.5, 0.6) is 5.75 Å². The number of benzene rings is 2. The largest absolute Gasteiger partial charge is 0.481 e. The molecule has 0 aliphatic carbocycles. The fraction of sp³-hybridized carbons (Fsp3) is 0.176. The average molecular weight is 380 g/mol. The fourth-order valence-electron chi connectivity index (χ4n) is 1.87. The molecule has 2 aromatic rings. The first-order chi connectivity index (χ1) is 10.9. The monoisotopic (exact) mass is 379 g/mol. The Balaban J connectivity index is 2.05. The second-order valence-corrected chi connectivity index (χ2v) is 5.87. The zero-order valence-corrected chi connectivity index (χ0v) is 14.2. The molecule has 1 amide bonds. The summed E-state index contributed by atoms with van der Waals surface area (Å²) in [7, 11) is 0. The molecule has 0 saturated heterocycles. The van der Waals surface area contributed by atoms with Gasteiger partial charge in [-0.2, -0.15) is 0 Å². The summed E-state index contributed by atoms with van der Waals surface area (Å²) >= 11 is 3.15. The highest BCUT2D eigenvalue weighted by molar-refractivity contribution is 9.10. The van der Waals surface area contributed by atoms with Gasteiger partial charge in [-0.15, -0.1) is 0 Å². The molecule has 23 heavy (non-hydrogen) atoms. The van der Waals surface area contributed by atoms with Crippen molar-refractivity contribution in [3.8, 4) is 5.75 Å². The van der Waals surface area contributed by atoms with Gasteiger partial charge in [0.15, 0.2) is 11.9 Å². The quantitative estimate of drug-likeness (QED) is 0.792. The van der Waals surface area contributed by atoms with Gasteiger partial charge in [-0.1, -0.05) is 28.1 Å². The van der Waals surface area contributed by atoms with Gasteiger partial charge in [0.25, 0.3) is 5.91 Å². The number of Topliss-reactive ketones (excluding diaryl/α,β-unsaturated/α-hetero) is 1. The number of anilines is 1. The van der Waals surface area contributed by atoms with Crippen LogP contribution in [-0.4, -0.2) is 17.8 Å². The van der Waals surface area contributed by atoms with Crippen LogP contribution in [0.2, 0.25) is 0 Å². The Hall–Kier alpha value is -2.21. The molecular weight excluding hydrogens is 365 g/mol. The molecule has 0 heterocycles. The third kappa shape index (κ3) is 4.63. The van der Waals surface area contributed by atoms with Crippen molar-refractivity contribution in [2.45, 2.75) is 20.0 Å². The summed E-state index contributed by atoms with van der Waals surface area (Å²) in [5, 5.41) is 2.47. The Morgan fingerprint density at radius 3 is 2.61 bits per heavy atom. The molecule has 0 aliphatic heterocycles. The van der Waals surface area contributed by atoms with E-state index in [2.05, 4.69) is 21.2 Å². The molecule has 1 atom stereocenters. The lowest BCUT2D eigenvalue weighted by molar-refractivity contribution is -0.122. The van der Waals surface area contributed by atoms with E-state index in [9.17, 15) is 14.0 Å². The minimum atomic E-state index is -0.847. The molecule has 4 nitrogen and oxygen atoms in total. The number of ketones is 1. The minimum absolute atomic E-state index is 0.0751. The van der Waals surface area contributed by atoms with Gasteiger partial charge in [0.2, 0.25) is 0 Å². The summed E-state index contributed by atoms with van der Waals surface area (Å²) in [5.41, 5.74) is 0.570. The second-order valence-electron chi connectivity index (χ2n) is 4.96. The molecule has 1 N–H and O–H groups in total. The van der Waals surface area contributed by atoms with E-state index >= 15 is 0 Å². The zero-order valence-electron chi connectivity index (χ0n) is 12.6. The highest BCUT2D eigenvalue weighted by atomic mass is 79.9. The lowest BCUT2D eigenvalue weighted by Gasteiger charge is -2.15. The second kappa shape index (κ2) is 7.37. The molecule has 120 valence electrons. The van der Waals surface area contributed by atoms with Gasteiger partial charge in [-0.3, -0.25) is 9.59 Å². The van der Waals surface area contributed by atoms with E-state index in [0.29, 0.717) is 15.8 Å².